The van der Waals surface area contributed by atoms with Crippen LogP contribution in [0, 0.1) is 23.2 Å². The van der Waals surface area contributed by atoms with E-state index in [1.54, 1.807) is 11.3 Å². The summed E-state index contributed by atoms with van der Waals surface area (Å²) in [5.74, 6) is 3.06. The van der Waals surface area contributed by atoms with Crippen molar-refractivity contribution in [2.75, 3.05) is 0 Å². The van der Waals surface area contributed by atoms with Crippen LogP contribution in [0.5, 0.6) is 0 Å². The van der Waals surface area contributed by atoms with Gasteiger partial charge in [-0.05, 0) is 68.6 Å². The minimum Gasteiger partial charge on any atom is -0.322 e. The van der Waals surface area contributed by atoms with Crippen LogP contribution < -0.4 is 5.73 Å². The summed E-state index contributed by atoms with van der Waals surface area (Å²) < 4.78 is 0. The maximum absolute atomic E-state index is 5.90. The molecule has 5 rings (SSSR count). The molecular formula is C15H23N3S. The third kappa shape index (κ3) is 2.13. The van der Waals surface area contributed by atoms with E-state index in [0.29, 0.717) is 5.41 Å². The summed E-state index contributed by atoms with van der Waals surface area (Å²) in [6.45, 7) is 2.00. The van der Waals surface area contributed by atoms with E-state index >= 15 is 0 Å². The summed E-state index contributed by atoms with van der Waals surface area (Å²) in [7, 11) is 0. The van der Waals surface area contributed by atoms with E-state index < -0.39 is 0 Å². The van der Waals surface area contributed by atoms with E-state index in [2.05, 4.69) is 10.2 Å². The van der Waals surface area contributed by atoms with Crippen LogP contribution in [0.25, 0.3) is 0 Å². The van der Waals surface area contributed by atoms with Crippen LogP contribution in [0.3, 0.4) is 0 Å². The Kier molecular flexibility index (Phi) is 2.75. The molecule has 0 radical (unpaired) electrons. The lowest BCUT2D eigenvalue weighted by molar-refractivity contribution is -0.0522. The van der Waals surface area contributed by atoms with Gasteiger partial charge < -0.3 is 5.73 Å². The largest absolute Gasteiger partial charge is 0.322 e. The van der Waals surface area contributed by atoms with Crippen molar-refractivity contribution in [2.45, 2.75) is 57.9 Å². The van der Waals surface area contributed by atoms with Crippen LogP contribution in [0.1, 0.15) is 61.5 Å². The topological polar surface area (TPSA) is 51.8 Å². The van der Waals surface area contributed by atoms with Crippen molar-refractivity contribution >= 4 is 11.3 Å². The van der Waals surface area contributed by atoms with Crippen LogP contribution in [0.4, 0.5) is 0 Å². The van der Waals surface area contributed by atoms with Gasteiger partial charge in [0.25, 0.3) is 0 Å². The zero-order valence-electron chi connectivity index (χ0n) is 11.6. The number of aromatic nitrogens is 2. The van der Waals surface area contributed by atoms with Gasteiger partial charge in [-0.15, -0.1) is 10.2 Å². The third-order valence-corrected chi connectivity index (χ3v) is 6.69. The van der Waals surface area contributed by atoms with Gasteiger partial charge in [0.2, 0.25) is 0 Å². The van der Waals surface area contributed by atoms with Gasteiger partial charge in [0.05, 0.1) is 6.04 Å². The zero-order chi connectivity index (χ0) is 13.0. The van der Waals surface area contributed by atoms with Crippen LogP contribution in [-0.4, -0.2) is 10.2 Å². The summed E-state index contributed by atoms with van der Waals surface area (Å²) in [5, 5.41) is 10.9. The first-order valence-electron chi connectivity index (χ1n) is 7.70. The van der Waals surface area contributed by atoms with Gasteiger partial charge in [0, 0.05) is 6.42 Å². The van der Waals surface area contributed by atoms with Crippen LogP contribution in [0.15, 0.2) is 0 Å². The smallest absolute Gasteiger partial charge is 0.133 e. The number of rotatable bonds is 3. The van der Waals surface area contributed by atoms with Crippen molar-refractivity contribution in [3.63, 3.8) is 0 Å². The lowest BCUT2D eigenvalue weighted by atomic mass is 9.49. The van der Waals surface area contributed by atoms with E-state index in [9.17, 15) is 0 Å². The highest BCUT2D eigenvalue weighted by atomic mass is 32.1. The molecule has 19 heavy (non-hydrogen) atoms. The average Bonchev–Trinajstić information content (AvgIpc) is 2.74. The standard InChI is InChI=1S/C15H23N3S/c1-9(16)14-18-17-13(19-14)8-15-5-10-2-11(6-15)4-12(3-10)7-15/h9-12H,2-8,16H2,1H3. The molecular weight excluding hydrogens is 254 g/mol. The summed E-state index contributed by atoms with van der Waals surface area (Å²) in [6, 6.07) is 0.0302. The van der Waals surface area contributed by atoms with E-state index in [-0.39, 0.29) is 6.04 Å². The van der Waals surface area contributed by atoms with Gasteiger partial charge in [0.1, 0.15) is 10.0 Å². The molecule has 4 aliphatic carbocycles. The van der Waals surface area contributed by atoms with Crippen LogP contribution >= 0.6 is 11.3 Å². The molecule has 1 aromatic rings. The fourth-order valence-electron chi connectivity index (χ4n) is 5.35. The second kappa shape index (κ2) is 4.26. The van der Waals surface area contributed by atoms with Crippen molar-refractivity contribution in [3.05, 3.63) is 10.0 Å². The second-order valence-electron chi connectivity index (χ2n) is 7.42. The summed E-state index contributed by atoms with van der Waals surface area (Å²) in [5.41, 5.74) is 6.47. The molecule has 4 aliphatic rings. The number of nitrogens with two attached hydrogens (primary N) is 1. The SMILES string of the molecule is CC(N)c1nnc(CC23CC4CC(CC(C4)C2)C3)s1. The predicted molar refractivity (Wildman–Crippen MR) is 76.8 cm³/mol. The van der Waals surface area contributed by atoms with Crippen molar-refractivity contribution in [2.24, 2.45) is 28.9 Å². The molecule has 0 amide bonds. The molecule has 4 saturated carbocycles. The van der Waals surface area contributed by atoms with Crippen molar-refractivity contribution < 1.29 is 0 Å². The Balaban J connectivity index is 1.55. The Morgan fingerprint density at radius 2 is 1.74 bits per heavy atom. The lowest BCUT2D eigenvalue weighted by Gasteiger charge is -2.56. The first-order valence-corrected chi connectivity index (χ1v) is 8.51. The number of nitrogens with zero attached hydrogens (tertiary/aromatic N) is 2. The Morgan fingerprint density at radius 1 is 1.16 bits per heavy atom. The molecule has 0 saturated heterocycles. The first kappa shape index (κ1) is 12.3. The van der Waals surface area contributed by atoms with Gasteiger partial charge in [-0.3, -0.25) is 0 Å². The van der Waals surface area contributed by atoms with E-state index in [1.165, 1.54) is 50.0 Å². The maximum atomic E-state index is 5.90. The van der Waals surface area contributed by atoms with Crippen LogP contribution in [0.2, 0.25) is 0 Å². The van der Waals surface area contributed by atoms with Gasteiger partial charge in [-0.2, -0.15) is 0 Å². The van der Waals surface area contributed by atoms with Gasteiger partial charge in [0.15, 0.2) is 0 Å². The maximum Gasteiger partial charge on any atom is 0.133 e. The normalized spacial score (nSPS) is 41.7. The molecule has 1 heterocycles. The summed E-state index contributed by atoms with van der Waals surface area (Å²) in [6.07, 6.45) is 10.1. The van der Waals surface area contributed by atoms with E-state index in [0.717, 1.165) is 22.8 Å². The molecule has 1 unspecified atom stereocenters. The Bertz CT molecular complexity index is 444. The molecule has 4 bridgehead atoms. The van der Waals surface area contributed by atoms with Crippen molar-refractivity contribution in [3.8, 4) is 0 Å². The molecule has 2 N–H and O–H groups in total. The molecule has 104 valence electrons. The second-order valence-corrected chi connectivity index (χ2v) is 8.51. The Labute approximate surface area is 119 Å². The van der Waals surface area contributed by atoms with Gasteiger partial charge in [-0.1, -0.05) is 11.3 Å². The number of hydrogen-bond acceptors (Lipinski definition) is 4. The predicted octanol–water partition coefficient (Wildman–Crippen LogP) is 3.32. The molecule has 1 atom stereocenters. The fourth-order valence-corrected chi connectivity index (χ4v) is 6.32. The van der Waals surface area contributed by atoms with E-state index in [1.807, 2.05) is 6.92 Å². The third-order valence-electron chi connectivity index (χ3n) is 5.56. The Hall–Kier alpha value is -0.480. The number of hydrogen-bond donors (Lipinski definition) is 1. The summed E-state index contributed by atoms with van der Waals surface area (Å²) >= 11 is 1.74. The highest BCUT2D eigenvalue weighted by Crippen LogP contribution is 2.61. The fraction of sp³-hybridized carbons (Fsp3) is 0.867. The molecule has 3 nitrogen and oxygen atoms in total. The van der Waals surface area contributed by atoms with Crippen molar-refractivity contribution in [1.29, 1.82) is 0 Å². The van der Waals surface area contributed by atoms with Crippen LogP contribution in [-0.2, 0) is 6.42 Å². The minimum absolute atomic E-state index is 0.0302. The minimum atomic E-state index is 0.0302. The molecule has 1 aromatic heterocycles. The highest BCUT2D eigenvalue weighted by molar-refractivity contribution is 7.11. The van der Waals surface area contributed by atoms with Crippen molar-refractivity contribution in [1.82, 2.24) is 10.2 Å². The molecule has 0 aliphatic heterocycles. The summed E-state index contributed by atoms with van der Waals surface area (Å²) in [4.78, 5) is 0. The van der Waals surface area contributed by atoms with E-state index in [4.69, 9.17) is 5.73 Å². The molecule has 4 fully saturated rings. The molecule has 4 heteroatoms. The molecule has 0 spiro atoms. The van der Waals surface area contributed by atoms with Gasteiger partial charge >= 0.3 is 0 Å². The zero-order valence-corrected chi connectivity index (χ0v) is 12.5. The Morgan fingerprint density at radius 3 is 2.21 bits per heavy atom. The van der Waals surface area contributed by atoms with Gasteiger partial charge in [-0.25, -0.2) is 0 Å². The molecule has 0 aromatic carbocycles. The quantitative estimate of drug-likeness (QED) is 0.922. The highest BCUT2D eigenvalue weighted by Gasteiger charge is 2.51. The first-order chi connectivity index (χ1) is 9.12. The average molecular weight is 277 g/mol. The monoisotopic (exact) mass is 277 g/mol. The lowest BCUT2D eigenvalue weighted by Crippen LogP contribution is -2.47.